The van der Waals surface area contributed by atoms with Gasteiger partial charge in [0.1, 0.15) is 0 Å². The number of fused-ring (bicyclic) bond motifs is 1. The Bertz CT molecular complexity index is 846. The van der Waals surface area contributed by atoms with Crippen LogP contribution in [0, 0.1) is 0 Å². The Balaban J connectivity index is 1.65. The highest BCUT2D eigenvalue weighted by Gasteiger charge is 2.19. The fraction of sp³-hybridized carbons (Fsp3) is 0.211. The van der Waals surface area contributed by atoms with Crippen LogP contribution in [-0.2, 0) is 0 Å². The molecule has 1 aliphatic heterocycles. The molecule has 1 saturated heterocycles. The summed E-state index contributed by atoms with van der Waals surface area (Å²) >= 11 is 0. The van der Waals surface area contributed by atoms with Crippen LogP contribution in [0.25, 0.3) is 10.9 Å². The molecule has 0 aliphatic carbocycles. The number of aromatic nitrogens is 1. The Kier molecular flexibility index (Phi) is 3.50. The van der Waals surface area contributed by atoms with E-state index in [-0.39, 0.29) is 5.91 Å². The van der Waals surface area contributed by atoms with Crippen molar-refractivity contribution in [2.75, 3.05) is 23.3 Å². The largest absolute Gasteiger partial charge is 0.371 e. The van der Waals surface area contributed by atoms with Gasteiger partial charge in [0.15, 0.2) is 0 Å². The molecule has 1 amide bonds. The van der Waals surface area contributed by atoms with E-state index in [0.717, 1.165) is 40.9 Å². The molecule has 2 N–H and O–H groups in total. The van der Waals surface area contributed by atoms with E-state index < -0.39 is 0 Å². The number of anilines is 2. The predicted molar refractivity (Wildman–Crippen MR) is 94.1 cm³/mol. The number of para-hydroxylation sites is 2. The van der Waals surface area contributed by atoms with E-state index in [0.29, 0.717) is 0 Å². The molecule has 23 heavy (non-hydrogen) atoms. The van der Waals surface area contributed by atoms with Crippen molar-refractivity contribution in [3.63, 3.8) is 0 Å². The minimum atomic E-state index is -0.0581. The number of hydrogen-bond acceptors (Lipinski definition) is 2. The number of H-pyrrole nitrogens is 1. The van der Waals surface area contributed by atoms with Crippen molar-refractivity contribution >= 4 is 28.2 Å². The zero-order valence-electron chi connectivity index (χ0n) is 12.9. The molecule has 3 aromatic rings. The van der Waals surface area contributed by atoms with Crippen LogP contribution in [0.1, 0.15) is 23.2 Å². The van der Waals surface area contributed by atoms with Gasteiger partial charge in [0.25, 0.3) is 5.91 Å². The molecule has 0 unspecified atom stereocenters. The zero-order valence-corrected chi connectivity index (χ0v) is 12.9. The second-order valence-corrected chi connectivity index (χ2v) is 5.91. The van der Waals surface area contributed by atoms with E-state index in [1.165, 1.54) is 12.8 Å². The highest BCUT2D eigenvalue weighted by molar-refractivity contribution is 6.11. The lowest BCUT2D eigenvalue weighted by Gasteiger charge is -2.20. The van der Waals surface area contributed by atoms with Crippen LogP contribution in [0.15, 0.2) is 54.7 Å². The number of aromatic amines is 1. The summed E-state index contributed by atoms with van der Waals surface area (Å²) in [6, 6.07) is 15.8. The topological polar surface area (TPSA) is 48.1 Å². The molecule has 0 bridgehead atoms. The molecule has 0 radical (unpaired) electrons. The first-order valence-electron chi connectivity index (χ1n) is 8.04. The number of amides is 1. The van der Waals surface area contributed by atoms with Gasteiger partial charge in [0.2, 0.25) is 0 Å². The van der Waals surface area contributed by atoms with Gasteiger partial charge in [-0.05, 0) is 31.0 Å². The summed E-state index contributed by atoms with van der Waals surface area (Å²) in [7, 11) is 0. The van der Waals surface area contributed by atoms with Crippen molar-refractivity contribution in [1.82, 2.24) is 4.98 Å². The van der Waals surface area contributed by atoms with Gasteiger partial charge in [-0.2, -0.15) is 0 Å². The van der Waals surface area contributed by atoms with Gasteiger partial charge in [0.05, 0.1) is 11.3 Å². The Hall–Kier alpha value is -2.75. The lowest BCUT2D eigenvalue weighted by molar-refractivity contribution is 0.102. The van der Waals surface area contributed by atoms with Crippen molar-refractivity contribution in [1.29, 1.82) is 0 Å². The number of carbonyl (C=O) groups excluding carboxylic acids is 1. The van der Waals surface area contributed by atoms with Crippen LogP contribution in [0.5, 0.6) is 0 Å². The number of benzene rings is 2. The van der Waals surface area contributed by atoms with E-state index in [1.54, 1.807) is 0 Å². The summed E-state index contributed by atoms with van der Waals surface area (Å²) in [5.41, 5.74) is 3.61. The van der Waals surface area contributed by atoms with E-state index in [1.807, 2.05) is 54.7 Å². The number of nitrogens with zero attached hydrogens (tertiary/aromatic N) is 1. The van der Waals surface area contributed by atoms with Gasteiger partial charge < -0.3 is 15.2 Å². The molecular formula is C19H19N3O. The second-order valence-electron chi connectivity index (χ2n) is 5.91. The van der Waals surface area contributed by atoms with Crippen molar-refractivity contribution in [2.45, 2.75) is 12.8 Å². The number of hydrogen-bond donors (Lipinski definition) is 2. The Labute approximate surface area is 135 Å². The van der Waals surface area contributed by atoms with Gasteiger partial charge in [-0.25, -0.2) is 0 Å². The molecule has 0 saturated carbocycles. The molecule has 2 heterocycles. The predicted octanol–water partition coefficient (Wildman–Crippen LogP) is 4.02. The van der Waals surface area contributed by atoms with Crippen molar-refractivity contribution in [2.24, 2.45) is 0 Å². The third-order valence-corrected chi connectivity index (χ3v) is 4.43. The van der Waals surface area contributed by atoms with E-state index in [9.17, 15) is 4.79 Å². The minimum absolute atomic E-state index is 0.0581. The maximum Gasteiger partial charge on any atom is 0.257 e. The van der Waals surface area contributed by atoms with Gasteiger partial charge >= 0.3 is 0 Å². The smallest absolute Gasteiger partial charge is 0.257 e. The quantitative estimate of drug-likeness (QED) is 0.768. The third kappa shape index (κ3) is 2.57. The van der Waals surface area contributed by atoms with E-state index in [2.05, 4.69) is 15.2 Å². The van der Waals surface area contributed by atoms with Gasteiger partial charge in [-0.3, -0.25) is 4.79 Å². The summed E-state index contributed by atoms with van der Waals surface area (Å²) in [6.45, 7) is 2.05. The van der Waals surface area contributed by atoms with Crippen molar-refractivity contribution in [3.05, 3.63) is 60.3 Å². The average molecular weight is 305 g/mol. The van der Waals surface area contributed by atoms with Gasteiger partial charge in [-0.15, -0.1) is 0 Å². The molecule has 116 valence electrons. The molecule has 2 aromatic carbocycles. The van der Waals surface area contributed by atoms with E-state index >= 15 is 0 Å². The van der Waals surface area contributed by atoms with Crippen LogP contribution in [-0.4, -0.2) is 24.0 Å². The summed E-state index contributed by atoms with van der Waals surface area (Å²) < 4.78 is 0. The van der Waals surface area contributed by atoms with Crippen LogP contribution < -0.4 is 10.2 Å². The molecule has 0 spiro atoms. The number of nitrogens with one attached hydrogen (secondary N) is 2. The number of rotatable bonds is 3. The highest BCUT2D eigenvalue weighted by Crippen LogP contribution is 2.27. The van der Waals surface area contributed by atoms with Crippen LogP contribution in [0.2, 0.25) is 0 Å². The first-order chi connectivity index (χ1) is 11.3. The van der Waals surface area contributed by atoms with Crippen LogP contribution in [0.4, 0.5) is 11.4 Å². The standard InChI is InChI=1S/C19H19N3O/c23-19(21-17-13-20-16-9-3-1-7-14(16)17)15-8-2-4-10-18(15)22-11-5-6-12-22/h1-4,7-10,13,20H,5-6,11-12H2,(H,21,23). The van der Waals surface area contributed by atoms with Gasteiger partial charge in [0, 0.05) is 35.9 Å². The Morgan fingerprint density at radius 2 is 1.74 bits per heavy atom. The molecule has 4 heteroatoms. The first kappa shape index (κ1) is 13.9. The maximum atomic E-state index is 12.8. The summed E-state index contributed by atoms with van der Waals surface area (Å²) in [4.78, 5) is 18.3. The minimum Gasteiger partial charge on any atom is -0.371 e. The second kappa shape index (κ2) is 5.80. The molecule has 1 aliphatic rings. The lowest BCUT2D eigenvalue weighted by atomic mass is 10.1. The fourth-order valence-electron chi connectivity index (χ4n) is 3.26. The first-order valence-corrected chi connectivity index (χ1v) is 8.04. The average Bonchev–Trinajstić information content (AvgIpc) is 3.25. The summed E-state index contributed by atoms with van der Waals surface area (Å²) in [5, 5.41) is 4.08. The summed E-state index contributed by atoms with van der Waals surface area (Å²) in [6.07, 6.45) is 4.23. The Morgan fingerprint density at radius 1 is 1.00 bits per heavy atom. The van der Waals surface area contributed by atoms with Crippen LogP contribution >= 0.6 is 0 Å². The normalized spacial score (nSPS) is 14.3. The summed E-state index contributed by atoms with van der Waals surface area (Å²) in [5.74, 6) is -0.0581. The molecule has 1 fully saturated rings. The molecule has 1 aromatic heterocycles. The van der Waals surface area contributed by atoms with Crippen LogP contribution in [0.3, 0.4) is 0 Å². The SMILES string of the molecule is O=C(Nc1c[nH]c2ccccc12)c1ccccc1N1CCCC1. The van der Waals surface area contributed by atoms with E-state index in [4.69, 9.17) is 0 Å². The monoisotopic (exact) mass is 305 g/mol. The lowest BCUT2D eigenvalue weighted by Crippen LogP contribution is -2.22. The molecule has 4 rings (SSSR count). The highest BCUT2D eigenvalue weighted by atomic mass is 16.1. The zero-order chi connectivity index (χ0) is 15.6. The Morgan fingerprint density at radius 3 is 2.61 bits per heavy atom. The van der Waals surface area contributed by atoms with Gasteiger partial charge in [-0.1, -0.05) is 30.3 Å². The number of carbonyl (C=O) groups is 1. The molecule has 0 atom stereocenters. The fourth-order valence-corrected chi connectivity index (χ4v) is 3.26. The third-order valence-electron chi connectivity index (χ3n) is 4.43. The van der Waals surface area contributed by atoms with Crippen molar-refractivity contribution in [3.8, 4) is 0 Å². The van der Waals surface area contributed by atoms with Crippen molar-refractivity contribution < 1.29 is 4.79 Å². The molecule has 4 nitrogen and oxygen atoms in total. The maximum absolute atomic E-state index is 12.8. The molecular weight excluding hydrogens is 286 g/mol.